The second-order valence-electron chi connectivity index (χ2n) is 5.12. The van der Waals surface area contributed by atoms with E-state index in [0.29, 0.717) is 10.9 Å². The summed E-state index contributed by atoms with van der Waals surface area (Å²) in [5.41, 5.74) is 0.449. The standard InChI is InChI=1S/C17H14FN3O2/c1-11(17(23)20-14-8-4-3-7-13(14)18)21-15-9-5-2-6-12(15)16(22)10-19-21/h2-11H,1H3,(H,20,23)/t11-/m0/s1. The SMILES string of the molecule is C[C@@H](C(=O)Nc1ccccc1F)n1ncc(=O)c2ccccc21. The zero-order valence-corrected chi connectivity index (χ0v) is 12.4. The number of nitrogens with zero attached hydrogens (tertiary/aromatic N) is 2. The van der Waals surface area contributed by atoms with E-state index in [0.717, 1.165) is 0 Å². The zero-order chi connectivity index (χ0) is 16.4. The molecule has 0 bridgehead atoms. The number of fused-ring (bicyclic) bond motifs is 1. The highest BCUT2D eigenvalue weighted by molar-refractivity contribution is 5.94. The van der Waals surface area contributed by atoms with Gasteiger partial charge in [-0.15, -0.1) is 0 Å². The first-order valence-electron chi connectivity index (χ1n) is 7.10. The van der Waals surface area contributed by atoms with Crippen LogP contribution in [0.3, 0.4) is 0 Å². The van der Waals surface area contributed by atoms with Crippen LogP contribution in [0, 0.1) is 5.82 Å². The summed E-state index contributed by atoms with van der Waals surface area (Å²) < 4.78 is 15.1. The third-order valence-corrected chi connectivity index (χ3v) is 3.59. The van der Waals surface area contributed by atoms with E-state index in [1.54, 1.807) is 43.3 Å². The van der Waals surface area contributed by atoms with Gasteiger partial charge in [-0.25, -0.2) is 4.39 Å². The van der Waals surface area contributed by atoms with Gasteiger partial charge in [-0.1, -0.05) is 24.3 Å². The van der Waals surface area contributed by atoms with Crippen molar-refractivity contribution in [1.29, 1.82) is 0 Å². The number of anilines is 1. The molecule has 3 aromatic rings. The lowest BCUT2D eigenvalue weighted by atomic mass is 10.2. The molecule has 1 atom stereocenters. The molecular formula is C17H14FN3O2. The van der Waals surface area contributed by atoms with E-state index in [4.69, 9.17) is 0 Å². The van der Waals surface area contributed by atoms with Gasteiger partial charge in [-0.2, -0.15) is 5.10 Å². The maximum Gasteiger partial charge on any atom is 0.249 e. The predicted octanol–water partition coefficient (Wildman–Crippen LogP) is 2.74. The Balaban J connectivity index is 1.96. The summed E-state index contributed by atoms with van der Waals surface area (Å²) in [5.74, 6) is -0.929. The third-order valence-electron chi connectivity index (χ3n) is 3.59. The molecule has 0 spiro atoms. The summed E-state index contributed by atoms with van der Waals surface area (Å²) >= 11 is 0. The topological polar surface area (TPSA) is 64.0 Å². The number of rotatable bonds is 3. The third kappa shape index (κ3) is 2.83. The smallest absolute Gasteiger partial charge is 0.249 e. The van der Waals surface area contributed by atoms with Crippen LogP contribution in [0.4, 0.5) is 10.1 Å². The maximum atomic E-state index is 13.6. The maximum absolute atomic E-state index is 13.6. The highest BCUT2D eigenvalue weighted by Crippen LogP contribution is 2.17. The van der Waals surface area contributed by atoms with E-state index in [2.05, 4.69) is 10.4 Å². The number of carbonyl (C=O) groups is 1. The molecule has 1 heterocycles. The second kappa shape index (κ2) is 6.00. The van der Waals surface area contributed by atoms with Gasteiger partial charge < -0.3 is 5.32 Å². The normalized spacial score (nSPS) is 12.1. The number of hydrogen-bond acceptors (Lipinski definition) is 3. The molecular weight excluding hydrogens is 297 g/mol. The van der Waals surface area contributed by atoms with Crippen LogP contribution in [0.2, 0.25) is 0 Å². The van der Waals surface area contributed by atoms with E-state index >= 15 is 0 Å². The Bertz CT molecular complexity index is 936. The van der Waals surface area contributed by atoms with Crippen LogP contribution < -0.4 is 10.7 Å². The van der Waals surface area contributed by atoms with E-state index < -0.39 is 17.8 Å². The number of carbonyl (C=O) groups excluding carboxylic acids is 1. The van der Waals surface area contributed by atoms with Crippen molar-refractivity contribution in [2.75, 3.05) is 5.32 Å². The summed E-state index contributed by atoms with van der Waals surface area (Å²) in [7, 11) is 0. The minimum Gasteiger partial charge on any atom is -0.322 e. The molecule has 0 saturated carbocycles. The summed E-state index contributed by atoms with van der Waals surface area (Å²) in [6.07, 6.45) is 1.18. The Hall–Kier alpha value is -3.02. The van der Waals surface area contributed by atoms with Crippen molar-refractivity contribution >= 4 is 22.5 Å². The fraction of sp³-hybridized carbons (Fsp3) is 0.118. The van der Waals surface area contributed by atoms with Crippen molar-refractivity contribution in [1.82, 2.24) is 9.78 Å². The van der Waals surface area contributed by atoms with E-state index in [-0.39, 0.29) is 11.1 Å². The van der Waals surface area contributed by atoms with Crippen LogP contribution in [0.5, 0.6) is 0 Å². The largest absolute Gasteiger partial charge is 0.322 e. The highest BCUT2D eigenvalue weighted by atomic mass is 19.1. The molecule has 1 amide bonds. The molecule has 23 heavy (non-hydrogen) atoms. The van der Waals surface area contributed by atoms with Gasteiger partial charge >= 0.3 is 0 Å². The Kier molecular flexibility index (Phi) is 3.89. The van der Waals surface area contributed by atoms with Crippen LogP contribution in [0.15, 0.2) is 59.5 Å². The highest BCUT2D eigenvalue weighted by Gasteiger charge is 2.18. The molecule has 1 N–H and O–H groups in total. The van der Waals surface area contributed by atoms with E-state index in [1.165, 1.54) is 23.0 Å². The van der Waals surface area contributed by atoms with Crippen LogP contribution >= 0.6 is 0 Å². The molecule has 2 aromatic carbocycles. The van der Waals surface area contributed by atoms with Crippen molar-refractivity contribution in [2.45, 2.75) is 13.0 Å². The minimum atomic E-state index is -0.708. The number of halogens is 1. The first-order chi connectivity index (χ1) is 11.1. The molecule has 0 aliphatic carbocycles. The molecule has 0 aliphatic heterocycles. The number of para-hydroxylation sites is 2. The van der Waals surface area contributed by atoms with Crippen molar-refractivity contribution in [2.24, 2.45) is 0 Å². The molecule has 0 saturated heterocycles. The van der Waals surface area contributed by atoms with Crippen molar-refractivity contribution in [3.63, 3.8) is 0 Å². The molecule has 0 radical (unpaired) electrons. The Morgan fingerprint density at radius 1 is 1.17 bits per heavy atom. The van der Waals surface area contributed by atoms with Crippen LogP contribution in [-0.2, 0) is 4.79 Å². The Morgan fingerprint density at radius 3 is 2.65 bits per heavy atom. The van der Waals surface area contributed by atoms with Crippen LogP contribution in [0.25, 0.3) is 10.9 Å². The lowest BCUT2D eigenvalue weighted by molar-refractivity contribution is -0.119. The molecule has 0 fully saturated rings. The lowest BCUT2D eigenvalue weighted by Gasteiger charge is -2.17. The summed E-state index contributed by atoms with van der Waals surface area (Å²) in [6, 6.07) is 12.1. The molecule has 116 valence electrons. The first-order valence-corrected chi connectivity index (χ1v) is 7.10. The molecule has 0 unspecified atom stereocenters. The average Bonchev–Trinajstić information content (AvgIpc) is 2.57. The summed E-state index contributed by atoms with van der Waals surface area (Å²) in [6.45, 7) is 1.64. The number of amides is 1. The molecule has 3 rings (SSSR count). The summed E-state index contributed by atoms with van der Waals surface area (Å²) in [5, 5.41) is 7.06. The summed E-state index contributed by atoms with van der Waals surface area (Å²) in [4.78, 5) is 24.2. The quantitative estimate of drug-likeness (QED) is 0.809. The van der Waals surface area contributed by atoms with E-state index in [1.807, 2.05) is 0 Å². The lowest BCUT2D eigenvalue weighted by Crippen LogP contribution is -2.27. The number of aromatic nitrogens is 2. The van der Waals surface area contributed by atoms with Gasteiger partial charge in [0.1, 0.15) is 11.9 Å². The monoisotopic (exact) mass is 311 g/mol. The van der Waals surface area contributed by atoms with Gasteiger partial charge in [0, 0.05) is 5.39 Å². The average molecular weight is 311 g/mol. The van der Waals surface area contributed by atoms with Gasteiger partial charge in [0.05, 0.1) is 17.4 Å². The minimum absolute atomic E-state index is 0.106. The first kappa shape index (κ1) is 14.9. The molecule has 5 nitrogen and oxygen atoms in total. The van der Waals surface area contributed by atoms with Gasteiger partial charge in [0.25, 0.3) is 0 Å². The molecule has 6 heteroatoms. The number of hydrogen-bond donors (Lipinski definition) is 1. The predicted molar refractivity (Wildman–Crippen MR) is 85.7 cm³/mol. The van der Waals surface area contributed by atoms with Crippen molar-refractivity contribution in [3.8, 4) is 0 Å². The van der Waals surface area contributed by atoms with Gasteiger partial charge in [0.2, 0.25) is 11.3 Å². The van der Waals surface area contributed by atoms with Gasteiger partial charge in [-0.05, 0) is 31.2 Å². The molecule has 0 aliphatic rings. The second-order valence-corrected chi connectivity index (χ2v) is 5.12. The number of benzene rings is 2. The van der Waals surface area contributed by atoms with Gasteiger partial charge in [0.15, 0.2) is 0 Å². The Labute approximate surface area is 131 Å². The Morgan fingerprint density at radius 2 is 1.87 bits per heavy atom. The van der Waals surface area contributed by atoms with Gasteiger partial charge in [-0.3, -0.25) is 14.3 Å². The van der Waals surface area contributed by atoms with Crippen LogP contribution in [-0.4, -0.2) is 15.7 Å². The fourth-order valence-corrected chi connectivity index (χ4v) is 2.35. The van der Waals surface area contributed by atoms with Crippen LogP contribution in [0.1, 0.15) is 13.0 Å². The zero-order valence-electron chi connectivity index (χ0n) is 12.4. The number of nitrogens with one attached hydrogen (secondary N) is 1. The fourth-order valence-electron chi connectivity index (χ4n) is 2.35. The molecule has 1 aromatic heterocycles. The van der Waals surface area contributed by atoms with Crippen molar-refractivity contribution in [3.05, 3.63) is 70.8 Å². The van der Waals surface area contributed by atoms with Crippen molar-refractivity contribution < 1.29 is 9.18 Å². The van der Waals surface area contributed by atoms with E-state index in [9.17, 15) is 14.0 Å².